The van der Waals surface area contributed by atoms with Crippen LogP contribution in [0.5, 0.6) is 0 Å². The summed E-state index contributed by atoms with van der Waals surface area (Å²) in [5, 5.41) is 0. The van der Waals surface area contributed by atoms with Crippen LogP contribution in [0.4, 0.5) is 0 Å². The Kier molecular flexibility index (Phi) is 4.21. The van der Waals surface area contributed by atoms with Gasteiger partial charge in [-0.1, -0.05) is 0 Å². The molecule has 0 aromatic heterocycles. The Morgan fingerprint density at radius 3 is 2.75 bits per heavy atom. The predicted molar refractivity (Wildman–Crippen MR) is 43.9 cm³/mol. The van der Waals surface area contributed by atoms with E-state index >= 15 is 0 Å². The van der Waals surface area contributed by atoms with Crippen molar-refractivity contribution in [2.45, 2.75) is 13.2 Å². The lowest BCUT2D eigenvalue weighted by molar-refractivity contribution is -0.136. The molecule has 0 amide bonds. The van der Waals surface area contributed by atoms with E-state index in [1.54, 1.807) is 0 Å². The Hall–Kier alpha value is -0.450. The van der Waals surface area contributed by atoms with Crippen LogP contribution in [0.2, 0.25) is 0 Å². The Labute approximate surface area is 72.4 Å². The number of hydrogen-bond donors (Lipinski definition) is 0. The summed E-state index contributed by atoms with van der Waals surface area (Å²) in [4.78, 5) is 12.6. The molecule has 1 saturated heterocycles. The van der Waals surface area contributed by atoms with Gasteiger partial charge in [0, 0.05) is 19.7 Å². The summed E-state index contributed by atoms with van der Waals surface area (Å²) < 4.78 is 10.4. The van der Waals surface area contributed by atoms with E-state index < -0.39 is 0 Å². The van der Waals surface area contributed by atoms with E-state index in [4.69, 9.17) is 9.47 Å². The molecule has 1 rings (SSSR count). The highest BCUT2D eigenvalue weighted by molar-refractivity contribution is 5.55. The first-order valence-electron chi connectivity index (χ1n) is 4.27. The van der Waals surface area contributed by atoms with Crippen LogP contribution in [0.1, 0.15) is 6.92 Å². The van der Waals surface area contributed by atoms with Gasteiger partial charge in [0.25, 0.3) is 0 Å². The van der Waals surface area contributed by atoms with E-state index in [9.17, 15) is 4.79 Å². The Morgan fingerprint density at radius 1 is 1.58 bits per heavy atom. The molecule has 0 N–H and O–H groups in total. The molecule has 1 fully saturated rings. The van der Waals surface area contributed by atoms with Crippen molar-refractivity contribution in [3.63, 3.8) is 0 Å². The Bertz CT molecular complexity index is 134. The number of hydrogen-bond acceptors (Lipinski definition) is 4. The average Bonchev–Trinajstić information content (AvgIpc) is 2.15. The maximum atomic E-state index is 10.6. The van der Waals surface area contributed by atoms with E-state index in [-0.39, 0.29) is 6.23 Å². The summed E-state index contributed by atoms with van der Waals surface area (Å²) in [7, 11) is 0. The minimum absolute atomic E-state index is 0.376. The largest absolute Gasteiger partial charge is 0.379 e. The van der Waals surface area contributed by atoms with Crippen LogP contribution in [0.3, 0.4) is 0 Å². The van der Waals surface area contributed by atoms with Gasteiger partial charge in [-0.2, -0.15) is 0 Å². The minimum atomic E-state index is -0.376. The van der Waals surface area contributed by atoms with Gasteiger partial charge < -0.3 is 9.47 Å². The first-order chi connectivity index (χ1) is 5.88. The lowest BCUT2D eigenvalue weighted by Gasteiger charge is -2.30. The van der Waals surface area contributed by atoms with Gasteiger partial charge in [0.05, 0.1) is 13.2 Å². The van der Waals surface area contributed by atoms with E-state index in [0.29, 0.717) is 19.8 Å². The second-order valence-corrected chi connectivity index (χ2v) is 2.63. The van der Waals surface area contributed by atoms with Crippen molar-refractivity contribution in [1.82, 2.24) is 4.90 Å². The van der Waals surface area contributed by atoms with E-state index in [2.05, 4.69) is 0 Å². The third kappa shape index (κ3) is 2.55. The fourth-order valence-electron chi connectivity index (χ4n) is 1.23. The molecule has 1 atom stereocenters. The lowest BCUT2D eigenvalue weighted by atomic mass is 10.4. The Morgan fingerprint density at radius 2 is 2.25 bits per heavy atom. The van der Waals surface area contributed by atoms with Crippen molar-refractivity contribution in [1.29, 1.82) is 0 Å². The van der Waals surface area contributed by atoms with Gasteiger partial charge in [-0.15, -0.1) is 0 Å². The monoisotopic (exact) mass is 173 g/mol. The zero-order valence-corrected chi connectivity index (χ0v) is 7.36. The molecule has 0 bridgehead atoms. The fraction of sp³-hybridized carbons (Fsp3) is 0.875. The molecule has 1 aliphatic heterocycles. The Balaban J connectivity index is 2.34. The quantitative estimate of drug-likeness (QED) is 0.556. The summed E-state index contributed by atoms with van der Waals surface area (Å²) >= 11 is 0. The van der Waals surface area contributed by atoms with Crippen molar-refractivity contribution in [3.8, 4) is 0 Å². The van der Waals surface area contributed by atoms with Crippen LogP contribution < -0.4 is 0 Å². The smallest absolute Gasteiger partial charge is 0.167 e. The molecule has 0 aliphatic carbocycles. The third-order valence-corrected chi connectivity index (χ3v) is 1.86. The number of morpholine rings is 1. The molecule has 0 spiro atoms. The molecule has 0 aromatic carbocycles. The van der Waals surface area contributed by atoms with Crippen LogP contribution in [0, 0.1) is 0 Å². The molecule has 0 aromatic rings. The molecule has 1 aliphatic rings. The first kappa shape index (κ1) is 9.64. The standard InChI is InChI=1S/C8H15NO3/c1-2-12-8(7-10)9-3-5-11-6-4-9/h7-8H,2-6H2,1H3. The lowest BCUT2D eigenvalue weighted by Crippen LogP contribution is -2.45. The number of nitrogens with zero attached hydrogens (tertiary/aromatic N) is 1. The van der Waals surface area contributed by atoms with Crippen LogP contribution >= 0.6 is 0 Å². The zero-order valence-electron chi connectivity index (χ0n) is 7.36. The van der Waals surface area contributed by atoms with Crippen molar-refractivity contribution in [2.75, 3.05) is 32.9 Å². The maximum Gasteiger partial charge on any atom is 0.167 e. The normalized spacial score (nSPS) is 22.1. The number of aldehydes is 1. The zero-order chi connectivity index (χ0) is 8.81. The molecule has 1 unspecified atom stereocenters. The van der Waals surface area contributed by atoms with Crippen molar-refractivity contribution in [3.05, 3.63) is 0 Å². The van der Waals surface area contributed by atoms with Crippen molar-refractivity contribution >= 4 is 6.29 Å². The first-order valence-corrected chi connectivity index (χ1v) is 4.27. The van der Waals surface area contributed by atoms with Crippen LogP contribution in [0.15, 0.2) is 0 Å². The van der Waals surface area contributed by atoms with Gasteiger partial charge in [0.15, 0.2) is 12.5 Å². The van der Waals surface area contributed by atoms with E-state index in [1.165, 1.54) is 0 Å². The summed E-state index contributed by atoms with van der Waals surface area (Å²) in [5.74, 6) is 0. The van der Waals surface area contributed by atoms with Gasteiger partial charge in [-0.05, 0) is 6.92 Å². The van der Waals surface area contributed by atoms with Crippen molar-refractivity contribution < 1.29 is 14.3 Å². The minimum Gasteiger partial charge on any atom is -0.379 e. The number of carbonyl (C=O) groups excluding carboxylic acids is 1. The number of carbonyl (C=O) groups is 1. The van der Waals surface area contributed by atoms with Gasteiger partial charge in [-0.3, -0.25) is 9.69 Å². The summed E-state index contributed by atoms with van der Waals surface area (Å²) in [6.07, 6.45) is 0.466. The second kappa shape index (κ2) is 5.24. The summed E-state index contributed by atoms with van der Waals surface area (Å²) in [6.45, 7) is 5.40. The average molecular weight is 173 g/mol. The van der Waals surface area contributed by atoms with Gasteiger partial charge in [0.1, 0.15) is 0 Å². The highest BCUT2D eigenvalue weighted by Gasteiger charge is 2.19. The van der Waals surface area contributed by atoms with Crippen molar-refractivity contribution in [2.24, 2.45) is 0 Å². The van der Waals surface area contributed by atoms with Gasteiger partial charge >= 0.3 is 0 Å². The topological polar surface area (TPSA) is 38.8 Å². The highest BCUT2D eigenvalue weighted by atomic mass is 16.5. The molecule has 0 radical (unpaired) electrons. The number of rotatable bonds is 4. The van der Waals surface area contributed by atoms with Gasteiger partial charge in [-0.25, -0.2) is 0 Å². The fourth-order valence-corrected chi connectivity index (χ4v) is 1.23. The molecular formula is C8H15NO3. The summed E-state index contributed by atoms with van der Waals surface area (Å²) in [6, 6.07) is 0. The molecule has 12 heavy (non-hydrogen) atoms. The number of ether oxygens (including phenoxy) is 2. The molecule has 4 heteroatoms. The molecule has 70 valence electrons. The van der Waals surface area contributed by atoms with Crippen LogP contribution in [-0.4, -0.2) is 50.3 Å². The second-order valence-electron chi connectivity index (χ2n) is 2.63. The maximum absolute atomic E-state index is 10.6. The van der Waals surface area contributed by atoms with E-state index in [0.717, 1.165) is 19.4 Å². The predicted octanol–water partition coefficient (Wildman–Crippen LogP) is -0.120. The van der Waals surface area contributed by atoms with E-state index in [1.807, 2.05) is 11.8 Å². The third-order valence-electron chi connectivity index (χ3n) is 1.86. The van der Waals surface area contributed by atoms with Crippen LogP contribution in [0.25, 0.3) is 0 Å². The molecule has 4 nitrogen and oxygen atoms in total. The summed E-state index contributed by atoms with van der Waals surface area (Å²) in [5.41, 5.74) is 0. The highest BCUT2D eigenvalue weighted by Crippen LogP contribution is 2.02. The SMILES string of the molecule is CCOC(C=O)N1CCOCC1. The molecular weight excluding hydrogens is 158 g/mol. The van der Waals surface area contributed by atoms with Crippen LogP contribution in [-0.2, 0) is 14.3 Å². The molecule has 1 heterocycles. The molecule has 0 saturated carbocycles. The van der Waals surface area contributed by atoms with Gasteiger partial charge in [0.2, 0.25) is 0 Å².